The number of hydrogen-bond acceptors (Lipinski definition) is 4. The average molecular weight is 388 g/mol. The van der Waals surface area contributed by atoms with Crippen molar-refractivity contribution in [3.63, 3.8) is 0 Å². The third-order valence-corrected chi connectivity index (χ3v) is 5.07. The van der Waals surface area contributed by atoms with Gasteiger partial charge in [0, 0.05) is 25.1 Å². The van der Waals surface area contributed by atoms with Gasteiger partial charge in [-0.2, -0.15) is 4.99 Å². The van der Waals surface area contributed by atoms with Crippen molar-refractivity contribution in [2.75, 3.05) is 13.7 Å². The number of hydrogen-bond donors (Lipinski definition) is 0. The van der Waals surface area contributed by atoms with E-state index in [4.69, 9.17) is 9.15 Å². The number of para-hydroxylation sites is 1. The maximum atomic E-state index is 14.3. The van der Waals surface area contributed by atoms with Gasteiger partial charge in [0.25, 0.3) is 0 Å². The Labute approximate surface area is 156 Å². The summed E-state index contributed by atoms with van der Waals surface area (Å²) in [6.07, 6.45) is 0. The van der Waals surface area contributed by atoms with Crippen LogP contribution in [-0.4, -0.2) is 24.2 Å². The molecule has 2 aromatic heterocycles. The summed E-state index contributed by atoms with van der Waals surface area (Å²) in [7, 11) is 1.52. The summed E-state index contributed by atoms with van der Waals surface area (Å²) in [5, 5.41) is 0.785. The number of rotatable bonds is 4. The van der Waals surface area contributed by atoms with Crippen molar-refractivity contribution in [1.29, 1.82) is 0 Å². The number of furan rings is 1. The highest BCUT2D eigenvalue weighted by Gasteiger charge is 2.16. The number of carbonyl (C=O) groups is 1. The lowest BCUT2D eigenvalue weighted by Crippen LogP contribution is -2.19. The Hall–Kier alpha value is -2.84. The number of halogens is 2. The van der Waals surface area contributed by atoms with Crippen molar-refractivity contribution in [1.82, 2.24) is 4.57 Å². The molecule has 0 saturated heterocycles. The normalized spacial score (nSPS) is 12.3. The van der Waals surface area contributed by atoms with Crippen molar-refractivity contribution >= 4 is 38.4 Å². The second-order valence-electron chi connectivity index (χ2n) is 5.83. The first-order chi connectivity index (χ1) is 13.1. The Bertz CT molecular complexity index is 1190. The van der Waals surface area contributed by atoms with Crippen LogP contribution in [-0.2, 0) is 11.3 Å². The maximum Gasteiger partial charge on any atom is 0.315 e. The van der Waals surface area contributed by atoms with Gasteiger partial charge in [-0.1, -0.05) is 29.5 Å². The van der Waals surface area contributed by atoms with E-state index in [-0.39, 0.29) is 29.2 Å². The van der Waals surface area contributed by atoms with E-state index in [0.29, 0.717) is 10.3 Å². The van der Waals surface area contributed by atoms with E-state index in [1.165, 1.54) is 17.7 Å². The van der Waals surface area contributed by atoms with E-state index in [1.54, 1.807) is 18.2 Å². The van der Waals surface area contributed by atoms with Gasteiger partial charge in [-0.05, 0) is 18.2 Å². The fourth-order valence-corrected chi connectivity index (χ4v) is 3.93. The van der Waals surface area contributed by atoms with Gasteiger partial charge in [0.15, 0.2) is 16.4 Å². The molecule has 0 unspecified atom stereocenters. The molecule has 0 aliphatic carbocycles. The van der Waals surface area contributed by atoms with Crippen LogP contribution in [0.5, 0.6) is 0 Å². The van der Waals surface area contributed by atoms with Gasteiger partial charge in [0.05, 0.1) is 16.8 Å². The molecule has 0 aliphatic heterocycles. The standard InChI is InChI=1S/C19H14F2N2O3S/c1-25-7-6-23-17-13(21)9-12(20)10-16(17)27-19(23)22-18(24)15-8-11-4-2-3-5-14(11)26-15/h2-5,8-10H,6-7H2,1H3. The van der Waals surface area contributed by atoms with E-state index >= 15 is 0 Å². The smallest absolute Gasteiger partial charge is 0.315 e. The Morgan fingerprint density at radius 2 is 2.07 bits per heavy atom. The number of nitrogens with zero attached hydrogens (tertiary/aromatic N) is 2. The second kappa shape index (κ2) is 7.05. The van der Waals surface area contributed by atoms with Gasteiger partial charge in [-0.15, -0.1) is 0 Å². The predicted molar refractivity (Wildman–Crippen MR) is 97.7 cm³/mol. The minimum absolute atomic E-state index is 0.0820. The summed E-state index contributed by atoms with van der Waals surface area (Å²) in [4.78, 5) is 16.9. The van der Waals surface area contributed by atoms with Gasteiger partial charge >= 0.3 is 5.91 Å². The molecule has 8 heteroatoms. The first-order valence-electron chi connectivity index (χ1n) is 8.12. The van der Waals surface area contributed by atoms with E-state index in [0.717, 1.165) is 22.8 Å². The molecule has 2 aromatic carbocycles. The van der Waals surface area contributed by atoms with Gasteiger partial charge in [-0.25, -0.2) is 8.78 Å². The van der Waals surface area contributed by atoms with Crippen molar-refractivity contribution in [3.8, 4) is 0 Å². The molecule has 5 nitrogen and oxygen atoms in total. The molecule has 4 rings (SSSR count). The molecule has 0 fully saturated rings. The highest BCUT2D eigenvalue weighted by Crippen LogP contribution is 2.23. The zero-order chi connectivity index (χ0) is 19.0. The Morgan fingerprint density at radius 3 is 2.85 bits per heavy atom. The van der Waals surface area contributed by atoms with E-state index in [2.05, 4.69) is 4.99 Å². The number of amides is 1. The average Bonchev–Trinajstić information content (AvgIpc) is 3.21. The van der Waals surface area contributed by atoms with Crippen molar-refractivity contribution < 1.29 is 22.7 Å². The molecule has 0 bridgehead atoms. The first kappa shape index (κ1) is 17.6. The molecular formula is C19H14F2N2O3S. The number of fused-ring (bicyclic) bond motifs is 2. The van der Waals surface area contributed by atoms with Crippen LogP contribution < -0.4 is 4.80 Å². The van der Waals surface area contributed by atoms with Crippen molar-refractivity contribution in [2.24, 2.45) is 4.99 Å². The van der Waals surface area contributed by atoms with Crippen molar-refractivity contribution in [3.05, 3.63) is 64.7 Å². The topological polar surface area (TPSA) is 56.7 Å². The molecule has 0 N–H and O–H groups in total. The largest absolute Gasteiger partial charge is 0.451 e. The Kier molecular flexibility index (Phi) is 4.59. The summed E-state index contributed by atoms with van der Waals surface area (Å²) in [5.74, 6) is -1.91. The zero-order valence-electron chi connectivity index (χ0n) is 14.2. The molecular weight excluding hydrogens is 374 g/mol. The zero-order valence-corrected chi connectivity index (χ0v) is 15.1. The van der Waals surface area contributed by atoms with Crippen LogP contribution in [0, 0.1) is 11.6 Å². The molecule has 0 spiro atoms. The molecule has 0 saturated carbocycles. The summed E-state index contributed by atoms with van der Waals surface area (Å²) < 4.78 is 40.3. The number of ether oxygens (including phenoxy) is 1. The Morgan fingerprint density at radius 1 is 1.26 bits per heavy atom. The number of thiazole rings is 1. The molecule has 0 aliphatic rings. The third-order valence-electron chi connectivity index (χ3n) is 4.05. The van der Waals surface area contributed by atoms with Crippen LogP contribution in [0.25, 0.3) is 21.2 Å². The number of benzene rings is 2. The molecule has 0 radical (unpaired) electrons. The number of aromatic nitrogens is 1. The monoisotopic (exact) mass is 388 g/mol. The summed E-state index contributed by atoms with van der Waals surface area (Å²) in [5.41, 5.74) is 0.766. The second-order valence-corrected chi connectivity index (χ2v) is 6.84. The predicted octanol–water partition coefficient (Wildman–Crippen LogP) is 4.11. The maximum absolute atomic E-state index is 14.3. The van der Waals surface area contributed by atoms with E-state index in [1.807, 2.05) is 12.1 Å². The lowest BCUT2D eigenvalue weighted by atomic mass is 10.2. The van der Waals surface area contributed by atoms with Gasteiger partial charge in [0.1, 0.15) is 11.4 Å². The van der Waals surface area contributed by atoms with Gasteiger partial charge in [-0.3, -0.25) is 4.79 Å². The fourth-order valence-electron chi connectivity index (χ4n) is 2.83. The number of methoxy groups -OCH3 is 1. The van der Waals surface area contributed by atoms with Crippen LogP contribution in [0.3, 0.4) is 0 Å². The quantitative estimate of drug-likeness (QED) is 0.529. The van der Waals surface area contributed by atoms with E-state index < -0.39 is 17.5 Å². The molecule has 27 heavy (non-hydrogen) atoms. The molecule has 1 amide bonds. The van der Waals surface area contributed by atoms with Crippen LogP contribution >= 0.6 is 11.3 Å². The van der Waals surface area contributed by atoms with Gasteiger partial charge in [0.2, 0.25) is 0 Å². The fraction of sp³-hybridized carbons (Fsp3) is 0.158. The van der Waals surface area contributed by atoms with Crippen LogP contribution in [0.1, 0.15) is 10.6 Å². The molecule has 4 aromatic rings. The third kappa shape index (κ3) is 3.29. The summed E-state index contributed by atoms with van der Waals surface area (Å²) >= 11 is 1.03. The van der Waals surface area contributed by atoms with Crippen LogP contribution in [0.15, 0.2) is 51.9 Å². The lowest BCUT2D eigenvalue weighted by molar-refractivity contribution is 0.0973. The Balaban J connectivity index is 1.85. The number of carbonyl (C=O) groups excluding carboxylic acids is 1. The van der Waals surface area contributed by atoms with E-state index in [9.17, 15) is 13.6 Å². The van der Waals surface area contributed by atoms with Crippen molar-refractivity contribution in [2.45, 2.75) is 6.54 Å². The van der Waals surface area contributed by atoms with Gasteiger partial charge < -0.3 is 13.7 Å². The highest BCUT2D eigenvalue weighted by atomic mass is 32.1. The highest BCUT2D eigenvalue weighted by molar-refractivity contribution is 7.16. The summed E-state index contributed by atoms with van der Waals surface area (Å²) in [6.45, 7) is 0.556. The minimum Gasteiger partial charge on any atom is -0.451 e. The molecule has 2 heterocycles. The minimum atomic E-state index is -0.713. The molecule has 138 valence electrons. The lowest BCUT2D eigenvalue weighted by Gasteiger charge is -2.04. The SMILES string of the molecule is COCCn1c(=NC(=O)c2cc3ccccc3o2)sc2cc(F)cc(F)c21. The van der Waals surface area contributed by atoms with Crippen LogP contribution in [0.2, 0.25) is 0 Å². The van der Waals surface area contributed by atoms with Crippen LogP contribution in [0.4, 0.5) is 8.78 Å². The summed E-state index contributed by atoms with van der Waals surface area (Å²) in [6, 6.07) is 10.9. The molecule has 0 atom stereocenters. The first-order valence-corrected chi connectivity index (χ1v) is 8.93.